The quantitative estimate of drug-likeness (QED) is 0.910. The van der Waals surface area contributed by atoms with E-state index in [0.717, 1.165) is 22.6 Å². The molecule has 0 radical (unpaired) electrons. The predicted octanol–water partition coefficient (Wildman–Crippen LogP) is 2.43. The third-order valence-corrected chi connectivity index (χ3v) is 4.33. The lowest BCUT2D eigenvalue weighted by atomic mass is 9.98. The van der Waals surface area contributed by atoms with Crippen molar-refractivity contribution in [2.45, 2.75) is 12.1 Å². The molecule has 1 fully saturated rings. The van der Waals surface area contributed by atoms with Gasteiger partial charge in [0, 0.05) is 17.6 Å². The highest BCUT2D eigenvalue weighted by molar-refractivity contribution is 9.10. The third-order valence-electron chi connectivity index (χ3n) is 3.12. The zero-order valence-corrected chi connectivity index (χ0v) is 12.0. The van der Waals surface area contributed by atoms with Gasteiger partial charge in [0.1, 0.15) is 0 Å². The van der Waals surface area contributed by atoms with E-state index in [-0.39, 0.29) is 12.1 Å². The molecule has 17 heavy (non-hydrogen) atoms. The first-order valence-corrected chi connectivity index (χ1v) is 6.77. The smallest absolute Gasteiger partial charge is 0.0894 e. The van der Waals surface area contributed by atoms with E-state index in [2.05, 4.69) is 27.9 Å². The second kappa shape index (κ2) is 5.67. The SMILES string of the molecule is CN1CCOC(CN)C1c1ccc(Cl)c(Br)c1. The van der Waals surface area contributed by atoms with Crippen LogP contribution in [0.15, 0.2) is 22.7 Å². The van der Waals surface area contributed by atoms with Crippen LogP contribution in [0, 0.1) is 0 Å². The zero-order valence-electron chi connectivity index (χ0n) is 9.70. The van der Waals surface area contributed by atoms with Gasteiger partial charge in [-0.05, 0) is 40.7 Å². The Morgan fingerprint density at radius 3 is 3.00 bits per heavy atom. The van der Waals surface area contributed by atoms with Crippen molar-refractivity contribution in [1.29, 1.82) is 0 Å². The summed E-state index contributed by atoms with van der Waals surface area (Å²) in [5.41, 5.74) is 6.95. The summed E-state index contributed by atoms with van der Waals surface area (Å²) in [4.78, 5) is 2.27. The van der Waals surface area contributed by atoms with Crippen molar-refractivity contribution in [1.82, 2.24) is 4.90 Å². The molecule has 1 aliphatic rings. The first-order chi connectivity index (χ1) is 8.13. The number of likely N-dealkylation sites (N-methyl/N-ethyl adjacent to an activating group) is 1. The molecule has 0 aromatic heterocycles. The van der Waals surface area contributed by atoms with Gasteiger partial charge in [-0.2, -0.15) is 0 Å². The highest BCUT2D eigenvalue weighted by Gasteiger charge is 2.30. The molecule has 2 unspecified atom stereocenters. The van der Waals surface area contributed by atoms with Gasteiger partial charge in [0.2, 0.25) is 0 Å². The van der Waals surface area contributed by atoms with Crippen LogP contribution in [0.5, 0.6) is 0 Å². The van der Waals surface area contributed by atoms with Crippen LogP contribution in [0.1, 0.15) is 11.6 Å². The second-order valence-electron chi connectivity index (χ2n) is 4.24. The molecule has 94 valence electrons. The molecule has 3 nitrogen and oxygen atoms in total. The molecule has 0 aliphatic carbocycles. The summed E-state index contributed by atoms with van der Waals surface area (Å²) < 4.78 is 6.63. The summed E-state index contributed by atoms with van der Waals surface area (Å²) >= 11 is 9.46. The summed E-state index contributed by atoms with van der Waals surface area (Å²) in [5.74, 6) is 0. The fourth-order valence-electron chi connectivity index (χ4n) is 2.22. The summed E-state index contributed by atoms with van der Waals surface area (Å²) in [6.45, 7) is 2.18. The maximum absolute atomic E-state index is 6.01. The number of nitrogens with zero attached hydrogens (tertiary/aromatic N) is 1. The van der Waals surface area contributed by atoms with Gasteiger partial charge in [-0.25, -0.2) is 0 Å². The molecule has 1 aromatic carbocycles. The fourth-order valence-corrected chi connectivity index (χ4v) is 2.74. The molecule has 0 amide bonds. The average Bonchev–Trinajstić information content (AvgIpc) is 2.32. The van der Waals surface area contributed by atoms with E-state index in [1.54, 1.807) is 0 Å². The van der Waals surface area contributed by atoms with Crippen LogP contribution in [-0.4, -0.2) is 37.7 Å². The van der Waals surface area contributed by atoms with Gasteiger partial charge in [0.25, 0.3) is 0 Å². The van der Waals surface area contributed by atoms with E-state index >= 15 is 0 Å². The van der Waals surface area contributed by atoms with Crippen LogP contribution >= 0.6 is 27.5 Å². The molecule has 2 N–H and O–H groups in total. The van der Waals surface area contributed by atoms with Crippen LogP contribution in [-0.2, 0) is 4.74 Å². The van der Waals surface area contributed by atoms with Crippen molar-refractivity contribution >= 4 is 27.5 Å². The van der Waals surface area contributed by atoms with Crippen LogP contribution in [0.4, 0.5) is 0 Å². The molecule has 2 atom stereocenters. The summed E-state index contributed by atoms with van der Waals surface area (Å²) in [5, 5.41) is 0.720. The van der Waals surface area contributed by atoms with Gasteiger partial charge in [0.05, 0.1) is 23.8 Å². The summed E-state index contributed by atoms with van der Waals surface area (Å²) in [6.07, 6.45) is 0.0434. The van der Waals surface area contributed by atoms with Gasteiger partial charge in [0.15, 0.2) is 0 Å². The molecular weight excluding hydrogens is 304 g/mol. The summed E-state index contributed by atoms with van der Waals surface area (Å²) in [6, 6.07) is 6.17. The lowest BCUT2D eigenvalue weighted by molar-refractivity contribution is -0.0576. The van der Waals surface area contributed by atoms with E-state index in [9.17, 15) is 0 Å². The Bertz CT molecular complexity index is 402. The Hall–Kier alpha value is -0.130. The topological polar surface area (TPSA) is 38.5 Å². The second-order valence-corrected chi connectivity index (χ2v) is 5.51. The van der Waals surface area contributed by atoms with Crippen molar-refractivity contribution in [3.63, 3.8) is 0 Å². The third kappa shape index (κ3) is 2.83. The molecule has 1 aliphatic heterocycles. The first kappa shape index (κ1) is 13.3. The number of hydrogen-bond donors (Lipinski definition) is 1. The Labute approximate surface area is 115 Å². The van der Waals surface area contributed by atoms with Gasteiger partial charge in [-0.1, -0.05) is 17.7 Å². The maximum atomic E-state index is 6.01. The van der Waals surface area contributed by atoms with Crippen molar-refractivity contribution in [2.24, 2.45) is 5.73 Å². The Balaban J connectivity index is 2.31. The van der Waals surface area contributed by atoms with E-state index < -0.39 is 0 Å². The normalized spacial score (nSPS) is 26.1. The lowest BCUT2D eigenvalue weighted by Gasteiger charge is -2.39. The standard InChI is InChI=1S/C12H16BrClN2O/c1-16-4-5-17-11(7-15)12(16)8-2-3-10(14)9(13)6-8/h2-3,6,11-12H,4-5,7,15H2,1H3. The number of halogens is 2. The molecule has 0 saturated carbocycles. The lowest BCUT2D eigenvalue weighted by Crippen LogP contribution is -2.46. The minimum atomic E-state index is 0.0434. The van der Waals surface area contributed by atoms with Crippen LogP contribution < -0.4 is 5.73 Å². The monoisotopic (exact) mass is 318 g/mol. The van der Waals surface area contributed by atoms with Crippen LogP contribution in [0.25, 0.3) is 0 Å². The minimum Gasteiger partial charge on any atom is -0.374 e. The van der Waals surface area contributed by atoms with Gasteiger partial charge < -0.3 is 10.5 Å². The van der Waals surface area contributed by atoms with Gasteiger partial charge in [-0.15, -0.1) is 0 Å². The molecular formula is C12H16BrClN2O. The number of hydrogen-bond acceptors (Lipinski definition) is 3. The largest absolute Gasteiger partial charge is 0.374 e. The Morgan fingerprint density at radius 1 is 1.59 bits per heavy atom. The van der Waals surface area contributed by atoms with Crippen molar-refractivity contribution < 1.29 is 4.74 Å². The highest BCUT2D eigenvalue weighted by atomic mass is 79.9. The van der Waals surface area contributed by atoms with E-state index in [1.807, 2.05) is 18.2 Å². The molecule has 1 heterocycles. The fraction of sp³-hybridized carbons (Fsp3) is 0.500. The Morgan fingerprint density at radius 2 is 2.35 bits per heavy atom. The molecule has 1 aromatic rings. The highest BCUT2D eigenvalue weighted by Crippen LogP contribution is 2.32. The summed E-state index contributed by atoms with van der Waals surface area (Å²) in [7, 11) is 2.10. The Kier molecular flexibility index (Phi) is 4.44. The molecule has 5 heteroatoms. The number of benzene rings is 1. The molecule has 0 bridgehead atoms. The average molecular weight is 320 g/mol. The molecule has 2 rings (SSSR count). The first-order valence-electron chi connectivity index (χ1n) is 5.60. The number of nitrogens with two attached hydrogens (primary N) is 1. The van der Waals surface area contributed by atoms with E-state index in [4.69, 9.17) is 22.1 Å². The minimum absolute atomic E-state index is 0.0434. The predicted molar refractivity (Wildman–Crippen MR) is 73.3 cm³/mol. The van der Waals surface area contributed by atoms with Gasteiger partial charge >= 0.3 is 0 Å². The molecule has 1 saturated heterocycles. The number of ether oxygens (including phenoxy) is 1. The van der Waals surface area contributed by atoms with Crippen LogP contribution in [0.2, 0.25) is 5.02 Å². The molecule has 0 spiro atoms. The van der Waals surface area contributed by atoms with E-state index in [1.165, 1.54) is 5.56 Å². The van der Waals surface area contributed by atoms with Crippen LogP contribution in [0.3, 0.4) is 0 Å². The van der Waals surface area contributed by atoms with Crippen molar-refractivity contribution in [3.8, 4) is 0 Å². The number of rotatable bonds is 2. The van der Waals surface area contributed by atoms with Crippen molar-refractivity contribution in [3.05, 3.63) is 33.3 Å². The maximum Gasteiger partial charge on any atom is 0.0894 e. The van der Waals surface area contributed by atoms with Gasteiger partial charge in [-0.3, -0.25) is 4.90 Å². The number of morpholine rings is 1. The van der Waals surface area contributed by atoms with Crippen molar-refractivity contribution in [2.75, 3.05) is 26.7 Å². The van der Waals surface area contributed by atoms with E-state index in [0.29, 0.717) is 6.54 Å². The zero-order chi connectivity index (χ0) is 12.4.